The second-order valence-electron chi connectivity index (χ2n) is 5.54. The molecule has 6 nitrogen and oxygen atoms in total. The van der Waals surface area contributed by atoms with Crippen LogP contribution in [0.3, 0.4) is 0 Å². The molecule has 0 aliphatic carbocycles. The van der Waals surface area contributed by atoms with Crippen molar-refractivity contribution in [3.63, 3.8) is 0 Å². The number of benzene rings is 1. The first-order valence-corrected chi connectivity index (χ1v) is 6.40. The van der Waals surface area contributed by atoms with Crippen molar-refractivity contribution in [2.45, 2.75) is 32.9 Å². The van der Waals surface area contributed by atoms with Crippen molar-refractivity contribution in [1.29, 1.82) is 5.26 Å². The molecule has 1 N–H and O–H groups in total. The summed E-state index contributed by atoms with van der Waals surface area (Å²) >= 11 is 0. The molecule has 0 aliphatic heterocycles. The van der Waals surface area contributed by atoms with Gasteiger partial charge < -0.3 is 9.84 Å². The van der Waals surface area contributed by atoms with Crippen molar-refractivity contribution in [1.82, 2.24) is 4.90 Å². The van der Waals surface area contributed by atoms with Crippen LogP contribution >= 0.6 is 0 Å². The van der Waals surface area contributed by atoms with Gasteiger partial charge in [0.25, 0.3) is 0 Å². The molecule has 0 aromatic heterocycles. The Morgan fingerprint density at radius 3 is 2.29 bits per heavy atom. The molecule has 112 valence electrons. The van der Waals surface area contributed by atoms with E-state index in [9.17, 15) is 9.59 Å². The monoisotopic (exact) mass is 290 g/mol. The van der Waals surface area contributed by atoms with E-state index in [0.29, 0.717) is 5.56 Å². The molecule has 1 rings (SSSR count). The van der Waals surface area contributed by atoms with Crippen molar-refractivity contribution in [3.8, 4) is 6.07 Å². The first-order chi connectivity index (χ1) is 9.71. The zero-order valence-corrected chi connectivity index (χ0v) is 12.3. The molecule has 21 heavy (non-hydrogen) atoms. The van der Waals surface area contributed by atoms with Gasteiger partial charge >= 0.3 is 12.1 Å². The lowest BCUT2D eigenvalue weighted by Crippen LogP contribution is -2.39. The van der Waals surface area contributed by atoms with Gasteiger partial charge in [-0.2, -0.15) is 5.26 Å². The number of nitriles is 1. The highest BCUT2D eigenvalue weighted by molar-refractivity contribution is 5.76. The number of rotatable bonds is 4. The van der Waals surface area contributed by atoms with Crippen molar-refractivity contribution < 1.29 is 19.4 Å². The fourth-order valence-electron chi connectivity index (χ4n) is 1.58. The maximum absolute atomic E-state index is 12.0. The van der Waals surface area contributed by atoms with E-state index in [1.54, 1.807) is 45.0 Å². The average Bonchev–Trinajstić information content (AvgIpc) is 2.36. The second kappa shape index (κ2) is 6.75. The van der Waals surface area contributed by atoms with Gasteiger partial charge in [0.05, 0.1) is 11.6 Å². The molecule has 6 heteroatoms. The van der Waals surface area contributed by atoms with E-state index in [2.05, 4.69) is 0 Å². The summed E-state index contributed by atoms with van der Waals surface area (Å²) in [5.74, 6) is -1.12. The summed E-state index contributed by atoms with van der Waals surface area (Å²) in [5, 5.41) is 17.6. The van der Waals surface area contributed by atoms with E-state index in [1.807, 2.05) is 6.07 Å². The third kappa shape index (κ3) is 5.95. The van der Waals surface area contributed by atoms with Gasteiger partial charge in [0.1, 0.15) is 12.1 Å². The second-order valence-corrected chi connectivity index (χ2v) is 5.54. The lowest BCUT2D eigenvalue weighted by molar-refractivity contribution is -0.138. The number of aliphatic carboxylic acids is 1. The molecule has 1 aromatic carbocycles. The molecule has 0 spiro atoms. The van der Waals surface area contributed by atoms with Crippen LogP contribution in [0.2, 0.25) is 0 Å². The number of ether oxygens (including phenoxy) is 1. The van der Waals surface area contributed by atoms with E-state index >= 15 is 0 Å². The molecule has 0 atom stereocenters. The smallest absolute Gasteiger partial charge is 0.411 e. The summed E-state index contributed by atoms with van der Waals surface area (Å²) in [5.41, 5.74) is 0.528. The number of nitrogens with zero attached hydrogens (tertiary/aromatic N) is 2. The first-order valence-electron chi connectivity index (χ1n) is 6.40. The molecule has 0 heterocycles. The first kappa shape index (κ1) is 16.5. The molecular formula is C15H18N2O4. The fraction of sp³-hybridized carbons (Fsp3) is 0.400. The van der Waals surface area contributed by atoms with Crippen LogP contribution in [-0.2, 0) is 16.1 Å². The topological polar surface area (TPSA) is 90.6 Å². The Labute approximate surface area is 123 Å². The third-order valence-electron chi connectivity index (χ3n) is 2.43. The minimum absolute atomic E-state index is 0.104. The minimum atomic E-state index is -1.12. The maximum Gasteiger partial charge on any atom is 0.411 e. The maximum atomic E-state index is 12.0. The number of carboxylic acids is 1. The van der Waals surface area contributed by atoms with Crippen LogP contribution in [0.4, 0.5) is 4.79 Å². The molecule has 0 bridgehead atoms. The minimum Gasteiger partial charge on any atom is -0.480 e. The molecule has 1 aromatic rings. The van der Waals surface area contributed by atoms with Crippen LogP contribution in [0.15, 0.2) is 24.3 Å². The molecule has 1 amide bonds. The largest absolute Gasteiger partial charge is 0.480 e. The van der Waals surface area contributed by atoms with E-state index in [1.165, 1.54) is 0 Å². The van der Waals surface area contributed by atoms with Crippen LogP contribution in [0.5, 0.6) is 0 Å². The molecule has 0 fully saturated rings. The standard InChI is InChI=1S/C15H18N2O4/c1-15(2,3)21-14(20)17(10-13(18)19)9-12-6-4-11(8-16)5-7-12/h4-7H,9-10H2,1-3H3,(H,18,19). The lowest BCUT2D eigenvalue weighted by atomic mass is 10.1. The molecule has 0 radical (unpaired) electrons. The third-order valence-corrected chi connectivity index (χ3v) is 2.43. The van der Waals surface area contributed by atoms with Gasteiger partial charge in [-0.05, 0) is 38.5 Å². The normalized spacial score (nSPS) is 10.6. The summed E-state index contributed by atoms with van der Waals surface area (Å²) < 4.78 is 5.19. The van der Waals surface area contributed by atoms with Gasteiger partial charge in [-0.1, -0.05) is 12.1 Å². The molecular weight excluding hydrogens is 272 g/mol. The van der Waals surface area contributed by atoms with Crippen molar-refractivity contribution in [2.24, 2.45) is 0 Å². The van der Waals surface area contributed by atoms with Gasteiger partial charge in [0.2, 0.25) is 0 Å². The number of carbonyl (C=O) groups is 2. The Balaban J connectivity index is 2.84. The van der Waals surface area contributed by atoms with Gasteiger partial charge in [-0.25, -0.2) is 4.79 Å². The number of hydrogen-bond acceptors (Lipinski definition) is 4. The van der Waals surface area contributed by atoms with Gasteiger partial charge in [0, 0.05) is 6.54 Å². The number of carboxylic acid groups (broad SMARTS) is 1. The van der Waals surface area contributed by atoms with Crippen molar-refractivity contribution >= 4 is 12.1 Å². The fourth-order valence-corrected chi connectivity index (χ4v) is 1.58. The number of amides is 1. The predicted octanol–water partition coefficient (Wildman–Crippen LogP) is 2.38. The highest BCUT2D eigenvalue weighted by Crippen LogP contribution is 2.13. The van der Waals surface area contributed by atoms with Gasteiger partial charge in [-0.3, -0.25) is 9.69 Å². The Morgan fingerprint density at radius 2 is 1.86 bits per heavy atom. The van der Waals surface area contributed by atoms with E-state index < -0.39 is 24.2 Å². The average molecular weight is 290 g/mol. The predicted molar refractivity (Wildman–Crippen MR) is 75.4 cm³/mol. The van der Waals surface area contributed by atoms with Crippen LogP contribution < -0.4 is 0 Å². The van der Waals surface area contributed by atoms with E-state index in [-0.39, 0.29) is 6.54 Å². The summed E-state index contributed by atoms with van der Waals surface area (Å²) in [4.78, 5) is 24.0. The van der Waals surface area contributed by atoms with Gasteiger partial charge in [0.15, 0.2) is 0 Å². The quantitative estimate of drug-likeness (QED) is 0.919. The van der Waals surface area contributed by atoms with Crippen LogP contribution in [0.1, 0.15) is 31.9 Å². The molecule has 0 aliphatic rings. The highest BCUT2D eigenvalue weighted by atomic mass is 16.6. The molecule has 0 saturated heterocycles. The Hall–Kier alpha value is -2.55. The number of hydrogen-bond donors (Lipinski definition) is 1. The summed E-state index contributed by atoms with van der Waals surface area (Å²) in [6, 6.07) is 8.58. The van der Waals surface area contributed by atoms with E-state index in [4.69, 9.17) is 15.1 Å². The Kier molecular flexibility index (Phi) is 5.30. The van der Waals surface area contributed by atoms with Crippen LogP contribution in [0, 0.1) is 11.3 Å². The zero-order valence-electron chi connectivity index (χ0n) is 12.3. The SMILES string of the molecule is CC(C)(C)OC(=O)N(CC(=O)O)Cc1ccc(C#N)cc1. The van der Waals surface area contributed by atoms with Crippen LogP contribution in [0.25, 0.3) is 0 Å². The lowest BCUT2D eigenvalue weighted by Gasteiger charge is -2.26. The van der Waals surface area contributed by atoms with Crippen molar-refractivity contribution in [2.75, 3.05) is 6.54 Å². The zero-order chi connectivity index (χ0) is 16.0. The van der Waals surface area contributed by atoms with E-state index in [0.717, 1.165) is 10.5 Å². The Morgan fingerprint density at radius 1 is 1.29 bits per heavy atom. The van der Waals surface area contributed by atoms with Crippen molar-refractivity contribution in [3.05, 3.63) is 35.4 Å². The molecule has 0 unspecified atom stereocenters. The van der Waals surface area contributed by atoms with Gasteiger partial charge in [-0.15, -0.1) is 0 Å². The Bertz CT molecular complexity index is 553. The number of carbonyl (C=O) groups excluding carboxylic acids is 1. The highest BCUT2D eigenvalue weighted by Gasteiger charge is 2.23. The summed E-state index contributed by atoms with van der Waals surface area (Å²) in [6.45, 7) is 4.80. The van der Waals surface area contributed by atoms with Crippen LogP contribution in [-0.4, -0.2) is 34.2 Å². The summed E-state index contributed by atoms with van der Waals surface area (Å²) in [6.07, 6.45) is -0.686. The molecule has 0 saturated carbocycles. The summed E-state index contributed by atoms with van der Waals surface area (Å²) in [7, 11) is 0.